The van der Waals surface area contributed by atoms with Crippen molar-refractivity contribution in [1.29, 1.82) is 0 Å². The minimum absolute atomic E-state index is 0.122. The van der Waals surface area contributed by atoms with Crippen LogP contribution in [0.3, 0.4) is 0 Å². The topological polar surface area (TPSA) is 46.6 Å². The van der Waals surface area contributed by atoms with E-state index in [1.165, 1.54) is 12.1 Å². The molecule has 0 saturated heterocycles. The molecular formula is C12H16Cl3NO3S. The third-order valence-corrected chi connectivity index (χ3v) is 4.70. The zero-order chi connectivity index (χ0) is 15.3. The molecule has 1 aromatic carbocycles. The van der Waals surface area contributed by atoms with Crippen molar-refractivity contribution in [2.75, 3.05) is 26.2 Å². The van der Waals surface area contributed by atoms with Gasteiger partial charge in [0.2, 0.25) is 0 Å². The Morgan fingerprint density at radius 3 is 2.05 bits per heavy atom. The molecule has 0 saturated carbocycles. The molecule has 0 N–H and O–H groups in total. The third-order valence-electron chi connectivity index (χ3n) is 2.80. The Labute approximate surface area is 134 Å². The van der Waals surface area contributed by atoms with E-state index >= 15 is 0 Å². The number of rotatable bonds is 7. The summed E-state index contributed by atoms with van der Waals surface area (Å²) in [6.45, 7) is 7.10. The predicted molar refractivity (Wildman–Crippen MR) is 82.8 cm³/mol. The first-order valence-electron chi connectivity index (χ1n) is 6.08. The highest BCUT2D eigenvalue weighted by molar-refractivity contribution is 8.13. The van der Waals surface area contributed by atoms with Gasteiger partial charge in [-0.2, -0.15) is 0 Å². The number of nitrogens with zero attached hydrogens (tertiary/aromatic N) is 1. The van der Waals surface area contributed by atoms with Gasteiger partial charge in [-0.1, -0.05) is 37.0 Å². The summed E-state index contributed by atoms with van der Waals surface area (Å²) >= 11 is 12.0. The summed E-state index contributed by atoms with van der Waals surface area (Å²) in [5.41, 5.74) is 0. The second-order valence-corrected chi connectivity index (χ2v) is 7.41. The summed E-state index contributed by atoms with van der Waals surface area (Å²) in [6.07, 6.45) is 0. The Morgan fingerprint density at radius 2 is 1.65 bits per heavy atom. The van der Waals surface area contributed by atoms with Gasteiger partial charge in [0.05, 0.1) is 14.9 Å². The third kappa shape index (κ3) is 4.97. The van der Waals surface area contributed by atoms with Gasteiger partial charge in [-0.15, -0.1) is 0 Å². The first-order valence-corrected chi connectivity index (χ1v) is 9.15. The SMILES string of the molecule is CCN(CC)CCOc1c(Cl)cc(S(=O)(=O)Cl)cc1Cl. The number of hydrogen-bond acceptors (Lipinski definition) is 4. The van der Waals surface area contributed by atoms with E-state index < -0.39 is 9.05 Å². The van der Waals surface area contributed by atoms with Crippen LogP contribution in [-0.2, 0) is 9.05 Å². The van der Waals surface area contributed by atoms with Gasteiger partial charge in [0.25, 0.3) is 9.05 Å². The van der Waals surface area contributed by atoms with Crippen LogP contribution < -0.4 is 4.74 Å². The van der Waals surface area contributed by atoms with Gasteiger partial charge >= 0.3 is 0 Å². The van der Waals surface area contributed by atoms with Crippen LogP contribution in [0.25, 0.3) is 0 Å². The second kappa shape index (κ2) is 7.71. The van der Waals surface area contributed by atoms with Crippen LogP contribution in [0.2, 0.25) is 10.0 Å². The normalized spacial score (nSPS) is 11.9. The molecule has 0 spiro atoms. The van der Waals surface area contributed by atoms with Crippen molar-refractivity contribution < 1.29 is 13.2 Å². The standard InChI is InChI=1S/C12H16Cl3NO3S/c1-3-16(4-2)5-6-19-12-10(13)7-9(8-11(12)14)20(15,17)18/h7-8H,3-6H2,1-2H3. The van der Waals surface area contributed by atoms with Gasteiger partial charge in [0.1, 0.15) is 6.61 Å². The predicted octanol–water partition coefficient (Wildman–Crippen LogP) is 3.64. The van der Waals surface area contributed by atoms with Crippen LogP contribution in [0.4, 0.5) is 0 Å². The highest BCUT2D eigenvalue weighted by Gasteiger charge is 2.17. The van der Waals surface area contributed by atoms with Crippen molar-refractivity contribution >= 4 is 42.9 Å². The minimum Gasteiger partial charge on any atom is -0.489 e. The molecule has 0 aliphatic heterocycles. The average Bonchev–Trinajstić information content (AvgIpc) is 2.36. The van der Waals surface area contributed by atoms with Gasteiger partial charge in [-0.05, 0) is 25.2 Å². The molecule has 20 heavy (non-hydrogen) atoms. The molecule has 0 amide bonds. The molecule has 8 heteroatoms. The lowest BCUT2D eigenvalue weighted by molar-refractivity contribution is 0.223. The lowest BCUT2D eigenvalue weighted by Gasteiger charge is -2.18. The monoisotopic (exact) mass is 359 g/mol. The highest BCUT2D eigenvalue weighted by atomic mass is 35.7. The van der Waals surface area contributed by atoms with E-state index in [0.717, 1.165) is 19.6 Å². The number of likely N-dealkylation sites (N-methyl/N-ethyl adjacent to an activating group) is 1. The molecule has 0 fully saturated rings. The van der Waals surface area contributed by atoms with E-state index in [4.69, 9.17) is 38.6 Å². The number of benzene rings is 1. The van der Waals surface area contributed by atoms with Gasteiger partial charge in [0, 0.05) is 17.2 Å². The average molecular weight is 361 g/mol. The Kier molecular flexibility index (Phi) is 6.88. The lowest BCUT2D eigenvalue weighted by Crippen LogP contribution is -2.28. The van der Waals surface area contributed by atoms with Gasteiger partial charge < -0.3 is 9.64 Å². The molecule has 1 aromatic rings. The smallest absolute Gasteiger partial charge is 0.261 e. The fourth-order valence-electron chi connectivity index (χ4n) is 1.63. The summed E-state index contributed by atoms with van der Waals surface area (Å²) in [6, 6.07) is 2.45. The number of ether oxygens (including phenoxy) is 1. The molecule has 0 aromatic heterocycles. The maximum atomic E-state index is 11.2. The Hall–Kier alpha value is -0.200. The summed E-state index contributed by atoms with van der Waals surface area (Å²) < 4.78 is 28.0. The number of hydrogen-bond donors (Lipinski definition) is 0. The van der Waals surface area contributed by atoms with E-state index in [1.807, 2.05) is 0 Å². The first-order chi connectivity index (χ1) is 9.29. The first kappa shape index (κ1) is 17.9. The van der Waals surface area contributed by atoms with Crippen molar-refractivity contribution in [3.8, 4) is 5.75 Å². The number of halogens is 3. The van der Waals surface area contributed by atoms with E-state index in [2.05, 4.69) is 18.7 Å². The largest absolute Gasteiger partial charge is 0.489 e. The zero-order valence-electron chi connectivity index (χ0n) is 11.2. The molecule has 0 aliphatic carbocycles. The maximum Gasteiger partial charge on any atom is 0.261 e. The second-order valence-electron chi connectivity index (χ2n) is 4.03. The van der Waals surface area contributed by atoms with Crippen molar-refractivity contribution in [3.63, 3.8) is 0 Å². The molecule has 4 nitrogen and oxygen atoms in total. The van der Waals surface area contributed by atoms with E-state index in [9.17, 15) is 8.42 Å². The van der Waals surface area contributed by atoms with Gasteiger partial charge in [-0.3, -0.25) is 0 Å². The fraction of sp³-hybridized carbons (Fsp3) is 0.500. The summed E-state index contributed by atoms with van der Waals surface area (Å²) in [5, 5.41) is 0.243. The van der Waals surface area contributed by atoms with Crippen molar-refractivity contribution in [2.24, 2.45) is 0 Å². The van der Waals surface area contributed by atoms with E-state index in [-0.39, 0.29) is 20.7 Å². The molecule has 0 bridgehead atoms. The molecule has 0 aliphatic rings. The Morgan fingerprint density at radius 1 is 1.15 bits per heavy atom. The van der Waals surface area contributed by atoms with Crippen molar-refractivity contribution in [2.45, 2.75) is 18.7 Å². The molecule has 1 rings (SSSR count). The molecule has 0 radical (unpaired) electrons. The van der Waals surface area contributed by atoms with Crippen LogP contribution >= 0.6 is 33.9 Å². The molecule has 0 heterocycles. The Bertz CT molecular complexity index is 536. The van der Waals surface area contributed by atoms with Crippen LogP contribution in [0.15, 0.2) is 17.0 Å². The van der Waals surface area contributed by atoms with Crippen molar-refractivity contribution in [1.82, 2.24) is 4.90 Å². The van der Waals surface area contributed by atoms with Crippen LogP contribution in [0.5, 0.6) is 5.75 Å². The van der Waals surface area contributed by atoms with Gasteiger partial charge in [0.15, 0.2) is 5.75 Å². The molecular weight excluding hydrogens is 345 g/mol. The van der Waals surface area contributed by atoms with Crippen LogP contribution in [0.1, 0.15) is 13.8 Å². The van der Waals surface area contributed by atoms with Crippen LogP contribution in [0, 0.1) is 0 Å². The van der Waals surface area contributed by atoms with Gasteiger partial charge in [-0.25, -0.2) is 8.42 Å². The lowest BCUT2D eigenvalue weighted by atomic mass is 10.3. The quantitative estimate of drug-likeness (QED) is 0.696. The zero-order valence-corrected chi connectivity index (χ0v) is 14.3. The Balaban J connectivity index is 2.82. The van der Waals surface area contributed by atoms with E-state index in [1.54, 1.807) is 0 Å². The molecule has 0 unspecified atom stereocenters. The van der Waals surface area contributed by atoms with Crippen LogP contribution in [-0.4, -0.2) is 39.6 Å². The van der Waals surface area contributed by atoms with E-state index in [0.29, 0.717) is 6.61 Å². The molecule has 114 valence electrons. The maximum absolute atomic E-state index is 11.2. The summed E-state index contributed by atoms with van der Waals surface area (Å²) in [4.78, 5) is 2.03. The van der Waals surface area contributed by atoms with Crippen molar-refractivity contribution in [3.05, 3.63) is 22.2 Å². The molecule has 0 atom stereocenters. The summed E-state index contributed by atoms with van der Waals surface area (Å²) in [7, 11) is 1.38. The highest BCUT2D eigenvalue weighted by Crippen LogP contribution is 2.36. The minimum atomic E-state index is -3.87. The fourth-order valence-corrected chi connectivity index (χ4v) is 3.14. The summed E-state index contributed by atoms with van der Waals surface area (Å²) in [5.74, 6) is 0.268.